The highest BCUT2D eigenvalue weighted by atomic mass is 79.9. The number of carbonyl (C=O) groups excluding carboxylic acids is 1. The second-order valence-corrected chi connectivity index (χ2v) is 5.61. The maximum Gasteiger partial charge on any atom is 0.242 e. The molecule has 1 aromatic rings. The molecular weight excluding hydrogens is 292 g/mol. The van der Waals surface area contributed by atoms with Gasteiger partial charge in [0.1, 0.15) is 5.54 Å². The number of anilines is 1. The maximum atomic E-state index is 11.7. The number of para-hydroxylation sites is 1. The lowest BCUT2D eigenvalue weighted by Gasteiger charge is -2.29. The molecule has 4 heteroatoms. The van der Waals surface area contributed by atoms with Crippen molar-refractivity contribution in [2.45, 2.75) is 45.1 Å². The summed E-state index contributed by atoms with van der Waals surface area (Å²) < 4.78 is 0.938. The normalized spacial score (nSPS) is 13.9. The summed E-state index contributed by atoms with van der Waals surface area (Å²) in [4.78, 5) is 11.7. The Labute approximate surface area is 117 Å². The van der Waals surface area contributed by atoms with Crippen LogP contribution in [-0.2, 0) is 4.79 Å². The van der Waals surface area contributed by atoms with E-state index in [1.54, 1.807) is 0 Å². The highest BCUT2D eigenvalue weighted by Gasteiger charge is 2.30. The molecule has 1 amide bonds. The molecule has 0 saturated carbocycles. The number of unbranched alkanes of at least 4 members (excludes halogenated alkanes) is 2. The molecule has 0 heterocycles. The number of primary amides is 1. The molecule has 1 atom stereocenters. The quantitative estimate of drug-likeness (QED) is 0.754. The number of hydrogen-bond donors (Lipinski definition) is 2. The smallest absolute Gasteiger partial charge is 0.242 e. The minimum absolute atomic E-state index is 0.311. The Morgan fingerprint density at radius 1 is 1.39 bits per heavy atom. The molecule has 100 valence electrons. The van der Waals surface area contributed by atoms with Crippen molar-refractivity contribution in [3.8, 4) is 0 Å². The van der Waals surface area contributed by atoms with Crippen LogP contribution in [0.25, 0.3) is 0 Å². The zero-order valence-corrected chi connectivity index (χ0v) is 12.6. The van der Waals surface area contributed by atoms with E-state index in [1.807, 2.05) is 31.2 Å². The summed E-state index contributed by atoms with van der Waals surface area (Å²) >= 11 is 3.47. The molecule has 3 nitrogen and oxygen atoms in total. The van der Waals surface area contributed by atoms with Crippen molar-refractivity contribution >= 4 is 27.5 Å². The van der Waals surface area contributed by atoms with Gasteiger partial charge in [-0.05, 0) is 41.4 Å². The molecule has 0 fully saturated rings. The first-order chi connectivity index (χ1) is 8.49. The minimum atomic E-state index is -0.695. The van der Waals surface area contributed by atoms with Gasteiger partial charge in [-0.15, -0.1) is 0 Å². The van der Waals surface area contributed by atoms with Gasteiger partial charge >= 0.3 is 0 Å². The Hall–Kier alpha value is -1.03. The Kier molecular flexibility index (Phi) is 5.66. The summed E-state index contributed by atoms with van der Waals surface area (Å²) in [5, 5.41) is 3.26. The van der Waals surface area contributed by atoms with E-state index in [2.05, 4.69) is 28.2 Å². The highest BCUT2D eigenvalue weighted by molar-refractivity contribution is 9.10. The molecule has 1 aromatic carbocycles. The van der Waals surface area contributed by atoms with E-state index in [0.717, 1.165) is 35.8 Å². The third-order valence-electron chi connectivity index (χ3n) is 3.11. The van der Waals surface area contributed by atoms with Gasteiger partial charge in [-0.1, -0.05) is 38.3 Å². The van der Waals surface area contributed by atoms with Crippen molar-refractivity contribution in [2.24, 2.45) is 5.73 Å². The molecule has 0 aromatic heterocycles. The summed E-state index contributed by atoms with van der Waals surface area (Å²) in [6.45, 7) is 4.01. The summed E-state index contributed by atoms with van der Waals surface area (Å²) in [5.41, 5.74) is 5.74. The largest absolute Gasteiger partial charge is 0.371 e. The third-order valence-corrected chi connectivity index (χ3v) is 3.80. The predicted octanol–water partition coefficient (Wildman–Crippen LogP) is 3.69. The van der Waals surface area contributed by atoms with Crippen molar-refractivity contribution < 1.29 is 4.79 Å². The van der Waals surface area contributed by atoms with Crippen LogP contribution in [0.15, 0.2) is 28.7 Å². The number of amides is 1. The number of nitrogens with two attached hydrogens (primary N) is 1. The van der Waals surface area contributed by atoms with E-state index in [9.17, 15) is 4.79 Å². The zero-order valence-electron chi connectivity index (χ0n) is 11.0. The van der Waals surface area contributed by atoms with Gasteiger partial charge in [-0.3, -0.25) is 4.79 Å². The van der Waals surface area contributed by atoms with Crippen LogP contribution < -0.4 is 11.1 Å². The van der Waals surface area contributed by atoms with Crippen molar-refractivity contribution in [3.63, 3.8) is 0 Å². The molecule has 1 rings (SSSR count). The monoisotopic (exact) mass is 312 g/mol. The maximum absolute atomic E-state index is 11.7. The van der Waals surface area contributed by atoms with Crippen LogP contribution in [0.2, 0.25) is 0 Å². The van der Waals surface area contributed by atoms with E-state index in [0.29, 0.717) is 0 Å². The summed E-state index contributed by atoms with van der Waals surface area (Å²) in [6, 6.07) is 7.75. The van der Waals surface area contributed by atoms with Gasteiger partial charge in [-0.2, -0.15) is 0 Å². The minimum Gasteiger partial charge on any atom is -0.371 e. The molecule has 0 radical (unpaired) electrons. The van der Waals surface area contributed by atoms with Gasteiger partial charge in [0.2, 0.25) is 5.91 Å². The predicted molar refractivity (Wildman–Crippen MR) is 79.5 cm³/mol. The third kappa shape index (κ3) is 4.02. The molecule has 0 aliphatic rings. The first-order valence-electron chi connectivity index (χ1n) is 6.32. The van der Waals surface area contributed by atoms with Crippen molar-refractivity contribution in [1.82, 2.24) is 0 Å². The van der Waals surface area contributed by atoms with Gasteiger partial charge in [-0.25, -0.2) is 0 Å². The molecule has 1 unspecified atom stereocenters. The molecule has 18 heavy (non-hydrogen) atoms. The topological polar surface area (TPSA) is 55.1 Å². The van der Waals surface area contributed by atoms with Gasteiger partial charge in [0, 0.05) is 10.2 Å². The van der Waals surface area contributed by atoms with E-state index < -0.39 is 5.54 Å². The van der Waals surface area contributed by atoms with Crippen LogP contribution >= 0.6 is 15.9 Å². The van der Waals surface area contributed by atoms with E-state index in [4.69, 9.17) is 5.73 Å². The second kappa shape index (κ2) is 6.78. The number of hydrogen-bond acceptors (Lipinski definition) is 2. The van der Waals surface area contributed by atoms with Crippen LogP contribution in [-0.4, -0.2) is 11.4 Å². The Balaban J connectivity index is 2.79. The molecule has 0 aliphatic carbocycles. The highest BCUT2D eigenvalue weighted by Crippen LogP contribution is 2.27. The SMILES string of the molecule is CCCCCC(C)(Nc1ccccc1Br)C(N)=O. The molecule has 3 N–H and O–H groups in total. The van der Waals surface area contributed by atoms with Crippen LogP contribution in [0.1, 0.15) is 39.5 Å². The van der Waals surface area contributed by atoms with Crippen molar-refractivity contribution in [3.05, 3.63) is 28.7 Å². The number of carbonyl (C=O) groups is 1. The van der Waals surface area contributed by atoms with Gasteiger partial charge < -0.3 is 11.1 Å². The van der Waals surface area contributed by atoms with Gasteiger partial charge in [0.15, 0.2) is 0 Å². The summed E-state index contributed by atoms with van der Waals surface area (Å²) in [6.07, 6.45) is 3.98. The fourth-order valence-corrected chi connectivity index (χ4v) is 2.22. The number of nitrogens with one attached hydrogen (secondary N) is 1. The number of halogens is 1. The van der Waals surface area contributed by atoms with Gasteiger partial charge in [0.05, 0.1) is 0 Å². The second-order valence-electron chi connectivity index (χ2n) is 4.76. The molecule has 0 saturated heterocycles. The van der Waals surface area contributed by atoms with Gasteiger partial charge in [0.25, 0.3) is 0 Å². The van der Waals surface area contributed by atoms with Crippen LogP contribution in [0.3, 0.4) is 0 Å². The molecule has 0 spiro atoms. The van der Waals surface area contributed by atoms with Crippen LogP contribution in [0.4, 0.5) is 5.69 Å². The number of benzene rings is 1. The zero-order chi connectivity index (χ0) is 13.6. The standard InChI is InChI=1S/C14H21BrN2O/c1-3-4-7-10-14(2,13(16)18)17-12-9-6-5-8-11(12)15/h5-6,8-9,17H,3-4,7,10H2,1-2H3,(H2,16,18). The molecule has 0 bridgehead atoms. The van der Waals surface area contributed by atoms with E-state index in [1.165, 1.54) is 0 Å². The first kappa shape index (κ1) is 15.0. The van der Waals surface area contributed by atoms with E-state index >= 15 is 0 Å². The van der Waals surface area contributed by atoms with E-state index in [-0.39, 0.29) is 5.91 Å². The lowest BCUT2D eigenvalue weighted by Crippen LogP contribution is -2.47. The molecular formula is C14H21BrN2O. The van der Waals surface area contributed by atoms with Crippen molar-refractivity contribution in [1.29, 1.82) is 0 Å². The lowest BCUT2D eigenvalue weighted by atomic mass is 9.93. The van der Waals surface area contributed by atoms with Crippen molar-refractivity contribution in [2.75, 3.05) is 5.32 Å². The Morgan fingerprint density at radius 2 is 2.06 bits per heavy atom. The lowest BCUT2D eigenvalue weighted by molar-refractivity contribution is -0.122. The van der Waals surface area contributed by atoms with Crippen LogP contribution in [0.5, 0.6) is 0 Å². The fourth-order valence-electron chi connectivity index (χ4n) is 1.84. The average molecular weight is 313 g/mol. The average Bonchev–Trinajstić information content (AvgIpc) is 2.32. The first-order valence-corrected chi connectivity index (χ1v) is 7.11. The van der Waals surface area contributed by atoms with Crippen LogP contribution in [0, 0.1) is 0 Å². The number of rotatable bonds is 7. The summed E-state index contributed by atoms with van der Waals surface area (Å²) in [5.74, 6) is -0.311. The Bertz CT molecular complexity index is 409. The summed E-state index contributed by atoms with van der Waals surface area (Å²) in [7, 11) is 0. The Morgan fingerprint density at radius 3 is 2.61 bits per heavy atom. The molecule has 0 aliphatic heterocycles. The fraction of sp³-hybridized carbons (Fsp3) is 0.500.